The van der Waals surface area contributed by atoms with E-state index in [1.165, 1.54) is 6.26 Å². The molecular weight excluding hydrogens is 242 g/mol. The second-order valence-electron chi connectivity index (χ2n) is 3.51. The molecule has 6 heteroatoms. The van der Waals surface area contributed by atoms with Crippen LogP contribution >= 0.6 is 11.6 Å². The second kappa shape index (κ2) is 5.54. The van der Waals surface area contributed by atoms with Crippen molar-refractivity contribution in [2.24, 2.45) is 0 Å². The van der Waals surface area contributed by atoms with Gasteiger partial charge in [0, 0.05) is 19.3 Å². The molecule has 2 rings (SSSR count). The number of furan rings is 1. The van der Waals surface area contributed by atoms with E-state index in [1.54, 1.807) is 29.2 Å². The summed E-state index contributed by atoms with van der Waals surface area (Å²) in [5.74, 6) is 0.126. The highest BCUT2D eigenvalue weighted by Gasteiger charge is 2.06. The van der Waals surface area contributed by atoms with Crippen LogP contribution in [0.1, 0.15) is 17.0 Å². The van der Waals surface area contributed by atoms with Gasteiger partial charge in [-0.2, -0.15) is 5.10 Å². The summed E-state index contributed by atoms with van der Waals surface area (Å²) in [6.45, 7) is 1.28. The first kappa shape index (κ1) is 11.7. The van der Waals surface area contributed by atoms with Crippen LogP contribution in [0, 0.1) is 0 Å². The van der Waals surface area contributed by atoms with Crippen molar-refractivity contribution >= 4 is 17.5 Å². The molecule has 0 aliphatic carbocycles. The summed E-state index contributed by atoms with van der Waals surface area (Å²) in [6, 6.07) is 3.31. The number of rotatable bonds is 5. The zero-order valence-electron chi connectivity index (χ0n) is 9.10. The third-order valence-corrected chi connectivity index (χ3v) is 2.39. The molecule has 2 heterocycles. The number of carbonyl (C=O) groups excluding carboxylic acids is 1. The lowest BCUT2D eigenvalue weighted by Crippen LogP contribution is -2.24. The van der Waals surface area contributed by atoms with E-state index in [0.29, 0.717) is 23.9 Å². The van der Waals surface area contributed by atoms with Crippen molar-refractivity contribution in [2.75, 3.05) is 6.54 Å². The average Bonchev–Trinajstić information content (AvgIpc) is 2.95. The largest absolute Gasteiger partial charge is 0.459 e. The highest BCUT2D eigenvalue weighted by Crippen LogP contribution is 2.04. The van der Waals surface area contributed by atoms with Crippen molar-refractivity contribution in [3.05, 3.63) is 41.6 Å². The molecule has 0 bridgehead atoms. The van der Waals surface area contributed by atoms with Crippen LogP contribution < -0.4 is 5.32 Å². The Kier molecular flexibility index (Phi) is 3.82. The molecule has 0 radical (unpaired) electrons. The highest BCUT2D eigenvalue weighted by molar-refractivity contribution is 6.30. The molecule has 1 amide bonds. The van der Waals surface area contributed by atoms with Gasteiger partial charge in [0.15, 0.2) is 5.76 Å². The molecule has 0 aliphatic rings. The van der Waals surface area contributed by atoms with E-state index >= 15 is 0 Å². The third-order valence-electron chi connectivity index (χ3n) is 2.20. The molecule has 0 saturated heterocycles. The van der Waals surface area contributed by atoms with Crippen molar-refractivity contribution in [2.45, 2.75) is 13.0 Å². The first-order valence-corrected chi connectivity index (χ1v) is 5.63. The number of aromatic nitrogens is 2. The number of hydrogen-bond donors (Lipinski definition) is 1. The molecule has 0 saturated carbocycles. The predicted molar refractivity (Wildman–Crippen MR) is 62.9 cm³/mol. The van der Waals surface area contributed by atoms with Gasteiger partial charge in [0.05, 0.1) is 17.5 Å². The van der Waals surface area contributed by atoms with E-state index < -0.39 is 0 Å². The molecular formula is C11H12ClN3O2. The van der Waals surface area contributed by atoms with E-state index in [1.807, 2.05) is 0 Å². The molecule has 0 unspecified atom stereocenters. The summed E-state index contributed by atoms with van der Waals surface area (Å²) in [5, 5.41) is 7.41. The molecule has 0 aliphatic heterocycles. The standard InChI is InChI=1S/C11H12ClN3O2/c12-9-7-14-15(8-9)5-2-4-13-11(16)10-3-1-6-17-10/h1,3,6-8H,2,4-5H2,(H,13,16). The summed E-state index contributed by atoms with van der Waals surface area (Å²) >= 11 is 5.73. The highest BCUT2D eigenvalue weighted by atomic mass is 35.5. The number of aryl methyl sites for hydroxylation is 1. The van der Waals surface area contributed by atoms with Gasteiger partial charge in [-0.25, -0.2) is 0 Å². The predicted octanol–water partition coefficient (Wildman–Crippen LogP) is 1.95. The van der Waals surface area contributed by atoms with Gasteiger partial charge >= 0.3 is 0 Å². The maximum absolute atomic E-state index is 11.5. The summed E-state index contributed by atoms with van der Waals surface area (Å²) in [5.41, 5.74) is 0. The van der Waals surface area contributed by atoms with Gasteiger partial charge in [0.2, 0.25) is 0 Å². The quantitative estimate of drug-likeness (QED) is 0.829. The van der Waals surface area contributed by atoms with Crippen LogP contribution in [-0.2, 0) is 6.54 Å². The molecule has 0 fully saturated rings. The molecule has 0 spiro atoms. The van der Waals surface area contributed by atoms with Gasteiger partial charge in [-0.15, -0.1) is 0 Å². The van der Waals surface area contributed by atoms with Crippen molar-refractivity contribution < 1.29 is 9.21 Å². The lowest BCUT2D eigenvalue weighted by Gasteiger charge is -2.03. The first-order chi connectivity index (χ1) is 8.25. The van der Waals surface area contributed by atoms with Crippen LogP contribution in [0.4, 0.5) is 0 Å². The van der Waals surface area contributed by atoms with E-state index in [-0.39, 0.29) is 5.91 Å². The average molecular weight is 254 g/mol. The minimum absolute atomic E-state index is 0.200. The minimum Gasteiger partial charge on any atom is -0.459 e. The van der Waals surface area contributed by atoms with Gasteiger partial charge < -0.3 is 9.73 Å². The SMILES string of the molecule is O=C(NCCCn1cc(Cl)cn1)c1ccco1. The number of hydrogen-bond acceptors (Lipinski definition) is 3. The third kappa shape index (κ3) is 3.35. The Morgan fingerprint density at radius 3 is 3.12 bits per heavy atom. The monoisotopic (exact) mass is 253 g/mol. The Balaban J connectivity index is 1.68. The fraction of sp³-hybridized carbons (Fsp3) is 0.273. The van der Waals surface area contributed by atoms with Gasteiger partial charge in [-0.1, -0.05) is 11.6 Å². The zero-order chi connectivity index (χ0) is 12.1. The van der Waals surface area contributed by atoms with Crippen molar-refractivity contribution in [3.8, 4) is 0 Å². The minimum atomic E-state index is -0.200. The summed E-state index contributed by atoms with van der Waals surface area (Å²) in [6.07, 6.45) is 5.59. The fourth-order valence-electron chi connectivity index (χ4n) is 1.40. The normalized spacial score (nSPS) is 10.4. The van der Waals surface area contributed by atoms with Crippen LogP contribution in [0.25, 0.3) is 0 Å². The topological polar surface area (TPSA) is 60.1 Å². The van der Waals surface area contributed by atoms with E-state index in [4.69, 9.17) is 16.0 Å². The number of nitrogens with zero attached hydrogens (tertiary/aromatic N) is 2. The van der Waals surface area contributed by atoms with Gasteiger partial charge in [0.1, 0.15) is 0 Å². The van der Waals surface area contributed by atoms with Crippen molar-refractivity contribution in [1.29, 1.82) is 0 Å². The first-order valence-electron chi connectivity index (χ1n) is 5.25. The summed E-state index contributed by atoms with van der Waals surface area (Å²) < 4.78 is 6.70. The molecule has 5 nitrogen and oxygen atoms in total. The number of amides is 1. The van der Waals surface area contributed by atoms with Crippen LogP contribution in [0.15, 0.2) is 35.2 Å². The molecule has 2 aromatic rings. The number of carbonyl (C=O) groups is 1. The fourth-order valence-corrected chi connectivity index (χ4v) is 1.55. The van der Waals surface area contributed by atoms with Gasteiger partial charge in [-0.05, 0) is 18.6 Å². The maximum Gasteiger partial charge on any atom is 0.286 e. The Morgan fingerprint density at radius 2 is 2.47 bits per heavy atom. The van der Waals surface area contributed by atoms with E-state index in [2.05, 4.69) is 10.4 Å². The van der Waals surface area contributed by atoms with Crippen LogP contribution in [0.2, 0.25) is 5.02 Å². The second-order valence-corrected chi connectivity index (χ2v) is 3.94. The Labute approximate surface area is 103 Å². The molecule has 90 valence electrons. The van der Waals surface area contributed by atoms with Crippen LogP contribution in [0.3, 0.4) is 0 Å². The van der Waals surface area contributed by atoms with E-state index in [9.17, 15) is 4.79 Å². The molecule has 1 N–H and O–H groups in total. The molecule has 2 aromatic heterocycles. The maximum atomic E-state index is 11.5. The smallest absolute Gasteiger partial charge is 0.286 e. The van der Waals surface area contributed by atoms with Crippen molar-refractivity contribution in [3.63, 3.8) is 0 Å². The lowest BCUT2D eigenvalue weighted by molar-refractivity contribution is 0.0925. The molecule has 0 aromatic carbocycles. The molecule has 17 heavy (non-hydrogen) atoms. The van der Waals surface area contributed by atoms with E-state index in [0.717, 1.165) is 6.42 Å². The van der Waals surface area contributed by atoms with Crippen molar-refractivity contribution in [1.82, 2.24) is 15.1 Å². The Hall–Kier alpha value is -1.75. The van der Waals surface area contributed by atoms with Gasteiger partial charge in [0.25, 0.3) is 5.91 Å². The Bertz CT molecular complexity index is 479. The Morgan fingerprint density at radius 1 is 1.59 bits per heavy atom. The number of nitrogens with one attached hydrogen (secondary N) is 1. The zero-order valence-corrected chi connectivity index (χ0v) is 9.85. The summed E-state index contributed by atoms with van der Waals surface area (Å²) in [4.78, 5) is 11.5. The lowest BCUT2D eigenvalue weighted by atomic mass is 10.4. The summed E-state index contributed by atoms with van der Waals surface area (Å²) in [7, 11) is 0. The van der Waals surface area contributed by atoms with Crippen LogP contribution in [-0.4, -0.2) is 22.2 Å². The molecule has 0 atom stereocenters. The van der Waals surface area contributed by atoms with Crippen LogP contribution in [0.5, 0.6) is 0 Å². The number of halogens is 1. The van der Waals surface area contributed by atoms with Gasteiger partial charge in [-0.3, -0.25) is 9.48 Å².